The molecule has 0 aliphatic carbocycles. The molecule has 1 aliphatic rings. The Morgan fingerprint density at radius 3 is 2.10 bits per heavy atom. The Labute approximate surface area is 115 Å². The highest BCUT2D eigenvalue weighted by Crippen LogP contribution is 2.66. The van der Waals surface area contributed by atoms with E-state index in [1.807, 2.05) is 0 Å². The molecule has 11 nitrogen and oxygen atoms in total. The van der Waals surface area contributed by atoms with Crippen molar-refractivity contribution in [2.45, 2.75) is 24.9 Å². The van der Waals surface area contributed by atoms with Crippen molar-refractivity contribution in [1.82, 2.24) is 0 Å². The monoisotopic (exact) mass is 354 g/mol. The molecule has 0 spiro atoms. The third-order valence-electron chi connectivity index (χ3n) is 2.16. The summed E-state index contributed by atoms with van der Waals surface area (Å²) in [5, 5.41) is 0. The van der Waals surface area contributed by atoms with Crippen molar-refractivity contribution < 1.29 is 51.2 Å². The minimum Gasteiger partial charge on any atom is -0.382 e. The predicted octanol–water partition coefficient (Wildman–Crippen LogP) is -0.532. The average Bonchev–Trinajstić information content (AvgIpc) is 2.55. The molecule has 1 aliphatic heterocycles. The molecule has 1 heterocycles. The lowest BCUT2D eigenvalue weighted by atomic mass is 9.97. The Morgan fingerprint density at radius 1 is 1.05 bits per heavy atom. The molecule has 118 valence electrons. The van der Waals surface area contributed by atoms with Gasteiger partial charge in [0.05, 0.1) is 12.7 Å². The fourth-order valence-electron chi connectivity index (χ4n) is 1.49. The van der Waals surface area contributed by atoms with Crippen LogP contribution in [0.2, 0.25) is 0 Å². The molecule has 0 aromatic heterocycles. The first-order chi connectivity index (χ1) is 8.89. The summed E-state index contributed by atoms with van der Waals surface area (Å²) in [6, 6.07) is -0.0375. The van der Waals surface area contributed by atoms with Gasteiger partial charge < -0.3 is 24.3 Å². The quantitative estimate of drug-likeness (QED) is 0.342. The average molecular weight is 354 g/mol. The van der Waals surface area contributed by atoms with Crippen molar-refractivity contribution in [1.29, 1.82) is 0 Å². The Bertz CT molecular complexity index is 475. The van der Waals surface area contributed by atoms with Gasteiger partial charge in [-0.25, -0.2) is 13.7 Å². The minimum atomic E-state index is -5.45. The molecule has 0 saturated carbocycles. The van der Waals surface area contributed by atoms with Crippen LogP contribution in [-0.4, -0.2) is 46.1 Å². The molecule has 4 N–H and O–H groups in total. The molecule has 1 rings (SSSR count). The van der Waals surface area contributed by atoms with Crippen LogP contribution in [0.5, 0.6) is 0 Å². The maximum absolute atomic E-state index is 11.3. The molecule has 20 heavy (non-hydrogen) atoms. The van der Waals surface area contributed by atoms with Crippen LogP contribution in [-0.2, 0) is 31.6 Å². The second-order valence-corrected chi connectivity index (χ2v) is 8.45. The predicted molar refractivity (Wildman–Crippen MR) is 66.3 cm³/mol. The molecule has 0 aromatic rings. The van der Waals surface area contributed by atoms with Gasteiger partial charge in [0.15, 0.2) is 0 Å². The van der Waals surface area contributed by atoms with Crippen LogP contribution in [0.25, 0.3) is 0 Å². The highest BCUT2D eigenvalue weighted by molar-refractivity contribution is 7.66. The van der Waals surface area contributed by atoms with Gasteiger partial charge in [0, 0.05) is 6.00 Å². The van der Waals surface area contributed by atoms with Gasteiger partial charge in [0.1, 0.15) is 7.85 Å². The van der Waals surface area contributed by atoms with E-state index >= 15 is 0 Å². The van der Waals surface area contributed by atoms with Gasteiger partial charge in [-0.05, 0) is 12.8 Å². The van der Waals surface area contributed by atoms with Gasteiger partial charge in [-0.2, -0.15) is 8.62 Å². The van der Waals surface area contributed by atoms with Crippen molar-refractivity contribution in [3.63, 3.8) is 0 Å². The molecular formula is C5H14BO11P3. The van der Waals surface area contributed by atoms with Gasteiger partial charge in [0.2, 0.25) is 0 Å². The van der Waals surface area contributed by atoms with Crippen LogP contribution in [0, 0.1) is 0 Å². The molecule has 4 atom stereocenters. The normalized spacial score (nSPS) is 29.8. The van der Waals surface area contributed by atoms with E-state index in [0.717, 1.165) is 6.42 Å². The van der Waals surface area contributed by atoms with Gasteiger partial charge in [-0.3, -0.25) is 4.52 Å². The zero-order chi connectivity index (χ0) is 15.6. The summed E-state index contributed by atoms with van der Waals surface area (Å²) < 4.78 is 49.5. The number of hydrogen-bond acceptors (Lipinski definition) is 7. The minimum absolute atomic E-state index is 0.0375. The summed E-state index contributed by atoms with van der Waals surface area (Å²) in [4.78, 5) is 34.7. The second kappa shape index (κ2) is 6.68. The topological polar surface area (TPSA) is 169 Å². The van der Waals surface area contributed by atoms with Gasteiger partial charge in [-0.15, -0.1) is 0 Å². The van der Waals surface area contributed by atoms with E-state index in [1.165, 1.54) is 0 Å². The first kappa shape index (κ1) is 18.5. The lowest BCUT2D eigenvalue weighted by Gasteiger charge is -2.17. The van der Waals surface area contributed by atoms with Gasteiger partial charge >= 0.3 is 23.5 Å². The lowest BCUT2D eigenvalue weighted by molar-refractivity contribution is 0.0400. The Morgan fingerprint density at radius 2 is 1.65 bits per heavy atom. The maximum Gasteiger partial charge on any atom is 0.490 e. The molecule has 15 heteroatoms. The van der Waals surface area contributed by atoms with Crippen LogP contribution in [0.3, 0.4) is 0 Å². The zero-order valence-electron chi connectivity index (χ0n) is 10.3. The first-order valence-electron chi connectivity index (χ1n) is 5.32. The largest absolute Gasteiger partial charge is 0.490 e. The highest BCUT2D eigenvalue weighted by atomic mass is 31.3. The van der Waals surface area contributed by atoms with Crippen molar-refractivity contribution in [2.24, 2.45) is 0 Å². The first-order valence-corrected chi connectivity index (χ1v) is 9.84. The van der Waals surface area contributed by atoms with Crippen LogP contribution in [0.15, 0.2) is 0 Å². The highest BCUT2D eigenvalue weighted by Gasteiger charge is 2.41. The number of ether oxygens (including phenoxy) is 1. The fraction of sp³-hybridized carbons (Fsp3) is 1.00. The summed E-state index contributed by atoms with van der Waals surface area (Å²) in [6.07, 6.45) is 0.816. The third-order valence-corrected chi connectivity index (χ3v) is 5.96. The fourth-order valence-corrected chi connectivity index (χ4v) is 4.54. The molecule has 0 bridgehead atoms. The summed E-state index contributed by atoms with van der Waals surface area (Å²) >= 11 is 0. The number of hydrogen-bond donors (Lipinski definition) is 4. The van der Waals surface area contributed by atoms with Crippen molar-refractivity contribution in [2.75, 3.05) is 6.61 Å². The van der Waals surface area contributed by atoms with E-state index in [4.69, 9.17) is 24.3 Å². The van der Waals surface area contributed by atoms with Crippen molar-refractivity contribution in [3.8, 4) is 0 Å². The molecule has 0 aromatic carbocycles. The second-order valence-electron chi connectivity index (χ2n) is 4.03. The van der Waals surface area contributed by atoms with Crippen LogP contribution < -0.4 is 0 Å². The summed E-state index contributed by atoms with van der Waals surface area (Å²) in [5.41, 5.74) is 0. The van der Waals surface area contributed by atoms with E-state index < -0.39 is 29.6 Å². The maximum atomic E-state index is 11.3. The lowest BCUT2D eigenvalue weighted by Crippen LogP contribution is -2.16. The van der Waals surface area contributed by atoms with E-state index in [9.17, 15) is 13.7 Å². The Balaban J connectivity index is 2.50. The van der Waals surface area contributed by atoms with Crippen molar-refractivity contribution in [3.05, 3.63) is 0 Å². The SMILES string of the molecule is B[C@H]1CC[C@@H](COP(=O)(O)OP(=O)(O)OP(=O)(O)O)O1. The Kier molecular flexibility index (Phi) is 6.18. The summed E-state index contributed by atoms with van der Waals surface area (Å²) in [7, 11) is -14.1. The number of phosphoric acid groups is 3. The van der Waals surface area contributed by atoms with Crippen LogP contribution >= 0.6 is 23.5 Å². The molecule has 2 unspecified atom stereocenters. The number of phosphoric ester groups is 1. The summed E-state index contributed by atoms with van der Waals surface area (Å²) in [6.45, 7) is -0.381. The molecule has 0 amide bonds. The van der Waals surface area contributed by atoms with E-state index in [-0.39, 0.29) is 12.6 Å². The zero-order valence-corrected chi connectivity index (χ0v) is 12.9. The molecular weight excluding hydrogens is 340 g/mol. The van der Waals surface area contributed by atoms with Crippen LogP contribution in [0.4, 0.5) is 0 Å². The van der Waals surface area contributed by atoms with E-state index in [1.54, 1.807) is 7.85 Å². The van der Waals surface area contributed by atoms with Crippen LogP contribution in [0.1, 0.15) is 12.8 Å². The third kappa shape index (κ3) is 7.45. The van der Waals surface area contributed by atoms with Gasteiger partial charge in [-0.1, -0.05) is 0 Å². The molecule has 1 saturated heterocycles. The Hall–Kier alpha value is 0.435. The summed E-state index contributed by atoms with van der Waals surface area (Å²) in [5.74, 6) is 0. The smallest absolute Gasteiger partial charge is 0.382 e. The van der Waals surface area contributed by atoms with Crippen molar-refractivity contribution >= 4 is 31.3 Å². The van der Waals surface area contributed by atoms with E-state index in [2.05, 4.69) is 13.1 Å². The number of rotatable bonds is 7. The molecule has 1 fully saturated rings. The standard InChI is InChI=1S/C5H14BO11P3/c6-5-2-1-4(15-5)3-14-19(10,11)17-20(12,13)16-18(7,8)9/h4-5H,1-3,6H2,(H,10,11)(H,12,13)(H2,7,8,9)/t4-,5+/m0/s1. The van der Waals surface area contributed by atoms with E-state index in [0.29, 0.717) is 6.42 Å². The van der Waals surface area contributed by atoms with Gasteiger partial charge in [0.25, 0.3) is 0 Å². The molecule has 0 radical (unpaired) electrons.